The van der Waals surface area contributed by atoms with Gasteiger partial charge in [-0.1, -0.05) is 30.2 Å². The zero-order valence-electron chi connectivity index (χ0n) is 9.49. The highest BCUT2D eigenvalue weighted by molar-refractivity contribution is 5.78. The molecule has 0 radical (unpaired) electrons. The first kappa shape index (κ1) is 10.7. The molecule has 1 aromatic heterocycles. The topological polar surface area (TPSA) is 38.9 Å². The third-order valence-corrected chi connectivity index (χ3v) is 2.11. The molecule has 16 heavy (non-hydrogen) atoms. The van der Waals surface area contributed by atoms with Gasteiger partial charge in [0.25, 0.3) is 0 Å². The Morgan fingerprint density at radius 2 is 1.88 bits per heavy atom. The van der Waals surface area contributed by atoms with E-state index < -0.39 is 5.54 Å². The molecular formula is C14H14N2. The van der Waals surface area contributed by atoms with Gasteiger partial charge in [-0.05, 0) is 31.9 Å². The fraction of sp³-hybridized carbons (Fsp3) is 0.214. The first-order valence-electron chi connectivity index (χ1n) is 5.22. The maximum absolute atomic E-state index is 5.79. The maximum Gasteiger partial charge on any atom is 0.113 e. The summed E-state index contributed by atoms with van der Waals surface area (Å²) >= 11 is 0. The summed E-state index contributed by atoms with van der Waals surface area (Å²) in [5.74, 6) is 5.96. The van der Waals surface area contributed by atoms with Gasteiger partial charge in [-0.25, -0.2) is 4.98 Å². The van der Waals surface area contributed by atoms with E-state index in [1.54, 1.807) is 0 Å². The number of benzene rings is 1. The van der Waals surface area contributed by atoms with Gasteiger partial charge in [0.15, 0.2) is 0 Å². The van der Waals surface area contributed by atoms with Crippen LogP contribution in [0.1, 0.15) is 19.5 Å². The SMILES string of the molecule is CC(C)(N)C#Cc1ccc2ccccc2n1. The Morgan fingerprint density at radius 1 is 1.12 bits per heavy atom. The predicted octanol–water partition coefficient (Wildman–Crippen LogP) is 2.32. The molecule has 0 spiro atoms. The number of fused-ring (bicyclic) bond motifs is 1. The van der Waals surface area contributed by atoms with Crippen LogP contribution < -0.4 is 5.73 Å². The number of para-hydroxylation sites is 1. The van der Waals surface area contributed by atoms with E-state index in [0.717, 1.165) is 16.6 Å². The van der Waals surface area contributed by atoms with E-state index in [0.29, 0.717) is 0 Å². The van der Waals surface area contributed by atoms with E-state index in [-0.39, 0.29) is 0 Å². The Morgan fingerprint density at radius 3 is 2.62 bits per heavy atom. The summed E-state index contributed by atoms with van der Waals surface area (Å²) < 4.78 is 0. The molecule has 0 saturated heterocycles. The van der Waals surface area contributed by atoms with Crippen LogP contribution in [0.15, 0.2) is 36.4 Å². The average Bonchev–Trinajstić information content (AvgIpc) is 2.25. The van der Waals surface area contributed by atoms with Crippen molar-refractivity contribution in [1.29, 1.82) is 0 Å². The van der Waals surface area contributed by atoms with Crippen molar-refractivity contribution in [3.05, 3.63) is 42.1 Å². The highest BCUT2D eigenvalue weighted by atomic mass is 14.7. The number of hydrogen-bond acceptors (Lipinski definition) is 2. The molecule has 0 atom stereocenters. The van der Waals surface area contributed by atoms with Crippen LogP contribution in [0.4, 0.5) is 0 Å². The Hall–Kier alpha value is -1.85. The Bertz CT molecular complexity index is 568. The van der Waals surface area contributed by atoms with Crippen molar-refractivity contribution in [3.8, 4) is 11.8 Å². The van der Waals surface area contributed by atoms with E-state index in [9.17, 15) is 0 Å². The number of pyridine rings is 1. The van der Waals surface area contributed by atoms with Gasteiger partial charge in [-0.2, -0.15) is 0 Å². The van der Waals surface area contributed by atoms with Crippen LogP contribution in [0.2, 0.25) is 0 Å². The lowest BCUT2D eigenvalue weighted by molar-refractivity contribution is 0.680. The first-order valence-corrected chi connectivity index (χ1v) is 5.22. The van der Waals surface area contributed by atoms with E-state index in [1.807, 2.05) is 50.2 Å². The van der Waals surface area contributed by atoms with E-state index in [2.05, 4.69) is 16.8 Å². The first-order chi connectivity index (χ1) is 7.54. The molecule has 2 nitrogen and oxygen atoms in total. The Balaban J connectivity index is 2.43. The lowest BCUT2D eigenvalue weighted by atomic mass is 10.1. The Labute approximate surface area is 95.5 Å². The number of nitrogens with two attached hydrogens (primary N) is 1. The molecule has 80 valence electrons. The van der Waals surface area contributed by atoms with Gasteiger partial charge in [0.2, 0.25) is 0 Å². The second-order valence-corrected chi connectivity index (χ2v) is 4.36. The minimum absolute atomic E-state index is 0.479. The summed E-state index contributed by atoms with van der Waals surface area (Å²) in [5.41, 5.74) is 7.04. The predicted molar refractivity (Wildman–Crippen MR) is 66.9 cm³/mol. The van der Waals surface area contributed by atoms with Crippen LogP contribution >= 0.6 is 0 Å². The highest BCUT2D eigenvalue weighted by Gasteiger charge is 2.03. The minimum Gasteiger partial charge on any atom is -0.316 e. The highest BCUT2D eigenvalue weighted by Crippen LogP contribution is 2.11. The van der Waals surface area contributed by atoms with Crippen molar-refractivity contribution in [2.24, 2.45) is 5.73 Å². The maximum atomic E-state index is 5.79. The fourth-order valence-corrected chi connectivity index (χ4v) is 1.36. The fourth-order valence-electron chi connectivity index (χ4n) is 1.36. The molecule has 0 amide bonds. The van der Waals surface area contributed by atoms with Gasteiger partial charge < -0.3 is 5.73 Å². The molecule has 2 heteroatoms. The van der Waals surface area contributed by atoms with Crippen LogP contribution in [0.5, 0.6) is 0 Å². The summed E-state index contributed by atoms with van der Waals surface area (Å²) in [6.07, 6.45) is 0. The summed E-state index contributed by atoms with van der Waals surface area (Å²) in [4.78, 5) is 4.45. The molecule has 0 bridgehead atoms. The van der Waals surface area contributed by atoms with Crippen LogP contribution in [-0.4, -0.2) is 10.5 Å². The van der Waals surface area contributed by atoms with E-state index in [4.69, 9.17) is 5.73 Å². The molecule has 0 unspecified atom stereocenters. The van der Waals surface area contributed by atoms with Crippen LogP contribution in [-0.2, 0) is 0 Å². The van der Waals surface area contributed by atoms with E-state index in [1.165, 1.54) is 0 Å². The lowest BCUT2D eigenvalue weighted by Crippen LogP contribution is -2.29. The minimum atomic E-state index is -0.479. The van der Waals surface area contributed by atoms with Crippen LogP contribution in [0.25, 0.3) is 10.9 Å². The molecule has 0 aliphatic heterocycles. The van der Waals surface area contributed by atoms with Crippen molar-refractivity contribution in [3.63, 3.8) is 0 Å². The second-order valence-electron chi connectivity index (χ2n) is 4.36. The normalized spacial score (nSPS) is 10.9. The summed E-state index contributed by atoms with van der Waals surface area (Å²) in [6.45, 7) is 3.75. The average molecular weight is 210 g/mol. The van der Waals surface area contributed by atoms with Gasteiger partial charge in [0, 0.05) is 5.39 Å². The molecule has 1 aromatic carbocycles. The molecule has 0 aliphatic rings. The lowest BCUT2D eigenvalue weighted by Gasteiger charge is -2.07. The van der Waals surface area contributed by atoms with Crippen molar-refractivity contribution in [2.45, 2.75) is 19.4 Å². The number of aromatic nitrogens is 1. The second kappa shape index (κ2) is 3.96. The van der Waals surface area contributed by atoms with Gasteiger partial charge >= 0.3 is 0 Å². The van der Waals surface area contributed by atoms with Gasteiger partial charge in [-0.15, -0.1) is 0 Å². The molecule has 0 fully saturated rings. The largest absolute Gasteiger partial charge is 0.316 e. The van der Waals surface area contributed by atoms with E-state index >= 15 is 0 Å². The quantitative estimate of drug-likeness (QED) is 0.678. The molecule has 0 saturated carbocycles. The number of nitrogens with zero attached hydrogens (tertiary/aromatic N) is 1. The van der Waals surface area contributed by atoms with Crippen molar-refractivity contribution < 1.29 is 0 Å². The van der Waals surface area contributed by atoms with Crippen molar-refractivity contribution in [1.82, 2.24) is 4.98 Å². The smallest absolute Gasteiger partial charge is 0.113 e. The third-order valence-electron chi connectivity index (χ3n) is 2.11. The molecule has 0 aliphatic carbocycles. The summed E-state index contributed by atoms with van der Waals surface area (Å²) in [5, 5.41) is 1.13. The van der Waals surface area contributed by atoms with Gasteiger partial charge in [0.05, 0.1) is 11.1 Å². The standard InChI is InChI=1S/C14H14N2/c1-14(2,15)10-9-12-8-7-11-5-3-4-6-13(11)16-12/h3-8H,15H2,1-2H3. The number of hydrogen-bond donors (Lipinski definition) is 1. The van der Waals surface area contributed by atoms with Gasteiger partial charge in [-0.3, -0.25) is 0 Å². The van der Waals surface area contributed by atoms with Crippen molar-refractivity contribution in [2.75, 3.05) is 0 Å². The molecule has 2 rings (SSSR count). The zero-order valence-corrected chi connectivity index (χ0v) is 9.49. The number of rotatable bonds is 0. The van der Waals surface area contributed by atoms with Gasteiger partial charge in [0.1, 0.15) is 5.69 Å². The molecular weight excluding hydrogens is 196 g/mol. The molecule has 2 aromatic rings. The molecule has 1 heterocycles. The summed E-state index contributed by atoms with van der Waals surface area (Å²) in [7, 11) is 0. The monoisotopic (exact) mass is 210 g/mol. The van der Waals surface area contributed by atoms with Crippen LogP contribution in [0.3, 0.4) is 0 Å². The van der Waals surface area contributed by atoms with Crippen LogP contribution in [0, 0.1) is 11.8 Å². The third kappa shape index (κ3) is 2.59. The molecule has 2 N–H and O–H groups in total. The Kier molecular flexibility index (Phi) is 2.64. The zero-order chi connectivity index (χ0) is 11.6. The van der Waals surface area contributed by atoms with Crippen molar-refractivity contribution >= 4 is 10.9 Å². The summed E-state index contributed by atoms with van der Waals surface area (Å²) in [6, 6.07) is 11.9.